The minimum absolute atomic E-state index is 0.0971. The van der Waals surface area contributed by atoms with E-state index in [0.29, 0.717) is 0 Å². The topological polar surface area (TPSA) is 79.5 Å². The lowest BCUT2D eigenvalue weighted by atomic mass is 9.92. The van der Waals surface area contributed by atoms with Gasteiger partial charge in [0.15, 0.2) is 0 Å². The Kier molecular flexibility index (Phi) is 4.20. The van der Waals surface area contributed by atoms with E-state index in [1.165, 1.54) is 0 Å². The number of urea groups is 1. The Labute approximate surface area is 177 Å². The van der Waals surface area contributed by atoms with Crippen molar-refractivity contribution >= 4 is 11.9 Å². The Morgan fingerprint density at radius 1 is 1.27 bits per heavy atom. The van der Waals surface area contributed by atoms with Crippen LogP contribution in [-0.2, 0) is 10.3 Å². The number of rotatable bonds is 5. The largest absolute Gasteiger partial charge is 0.497 e. The van der Waals surface area contributed by atoms with E-state index < -0.39 is 59.4 Å². The second-order valence-corrected chi connectivity index (χ2v) is 7.78. The van der Waals surface area contributed by atoms with Crippen molar-refractivity contribution in [1.82, 2.24) is 16.0 Å². The van der Waals surface area contributed by atoms with Gasteiger partial charge in [-0.05, 0) is 25.3 Å². The van der Waals surface area contributed by atoms with Crippen LogP contribution >= 0.6 is 0 Å². The lowest BCUT2D eigenvalue weighted by Gasteiger charge is -2.23. The van der Waals surface area contributed by atoms with Gasteiger partial charge in [-0.1, -0.05) is 29.8 Å². The molecule has 2 fully saturated rings. The minimum atomic E-state index is -2.87. The van der Waals surface area contributed by atoms with E-state index in [4.69, 9.17) is 4.11 Å². The molecule has 0 bridgehead atoms. The fourth-order valence-corrected chi connectivity index (χ4v) is 3.98. The highest BCUT2D eigenvalue weighted by Crippen LogP contribution is 2.45. The molecule has 1 aliphatic heterocycles. The molecule has 1 saturated carbocycles. The predicted molar refractivity (Wildman–Crippen MR) is 106 cm³/mol. The maximum Gasteiger partial charge on any atom is 0.316 e. The number of methoxy groups -OCH3 is 1. The monoisotopic (exact) mass is 418 g/mol. The Balaban J connectivity index is 1.51. The van der Waals surface area contributed by atoms with Crippen molar-refractivity contribution in [2.45, 2.75) is 37.3 Å². The number of carbonyl (C=O) groups excluding carboxylic acids is 2. The Morgan fingerprint density at radius 3 is 2.63 bits per heavy atom. The molecule has 1 aliphatic carbocycles. The molecule has 158 valence electrons. The summed E-state index contributed by atoms with van der Waals surface area (Å²) in [5.41, 5.74) is 1.03. The first-order chi connectivity index (χ1) is 15.5. The van der Waals surface area contributed by atoms with E-state index in [0.717, 1.165) is 36.1 Å². The van der Waals surface area contributed by atoms with Crippen LogP contribution in [0.4, 0.5) is 13.6 Å². The summed E-state index contributed by atoms with van der Waals surface area (Å²) >= 11 is 0. The summed E-state index contributed by atoms with van der Waals surface area (Å²) in [5, 5.41) is 7.96. The highest BCUT2D eigenvalue weighted by atomic mass is 19.1. The third-order valence-electron chi connectivity index (χ3n) is 5.68. The van der Waals surface area contributed by atoms with Crippen molar-refractivity contribution in [3.63, 3.8) is 0 Å². The van der Waals surface area contributed by atoms with E-state index in [-0.39, 0.29) is 6.54 Å². The molecule has 4 rings (SSSR count). The molecular weight excluding hydrogens is 392 g/mol. The van der Waals surface area contributed by atoms with Crippen LogP contribution in [0.3, 0.4) is 0 Å². The van der Waals surface area contributed by atoms with Crippen LogP contribution in [0, 0.1) is 18.6 Å². The first-order valence-corrected chi connectivity index (χ1v) is 9.59. The van der Waals surface area contributed by atoms with Crippen LogP contribution in [0.5, 0.6) is 5.75 Å². The first kappa shape index (κ1) is 16.6. The van der Waals surface area contributed by atoms with Crippen molar-refractivity contribution in [3.8, 4) is 5.75 Å². The molecule has 3 amide bonds. The number of amides is 3. The summed E-state index contributed by atoms with van der Waals surface area (Å²) in [5.74, 6) is -4.23. The normalized spacial score (nSPS) is 23.6. The lowest BCUT2D eigenvalue weighted by Crippen LogP contribution is -2.50. The number of nitrogens with one attached hydrogen (secondary N) is 3. The third kappa shape index (κ3) is 3.69. The zero-order chi connectivity index (χ0) is 24.0. The van der Waals surface area contributed by atoms with E-state index in [1.54, 1.807) is 0 Å². The van der Waals surface area contributed by atoms with Gasteiger partial charge in [0, 0.05) is 30.2 Å². The molecule has 2 aromatic rings. The van der Waals surface area contributed by atoms with E-state index >= 15 is 0 Å². The third-order valence-corrected chi connectivity index (χ3v) is 5.68. The van der Waals surface area contributed by atoms with Gasteiger partial charge in [-0.25, -0.2) is 13.6 Å². The van der Waals surface area contributed by atoms with Gasteiger partial charge in [-0.3, -0.25) is 4.79 Å². The molecule has 0 unspecified atom stereocenters. The zero-order valence-electron chi connectivity index (χ0n) is 19.2. The SMILES string of the molecule is [2H]C([2H])([2H])Oc1cc(F)c([C@@H]2CNC(=O)[C@H]2NC(=O)NC2(c3cccc(C)c3)CC2)c(F)c1. The Bertz CT molecular complexity index is 1080. The van der Waals surface area contributed by atoms with E-state index in [2.05, 4.69) is 20.7 Å². The molecular formula is C22H23F2N3O3. The Hall–Kier alpha value is -3.16. The minimum Gasteiger partial charge on any atom is -0.497 e. The van der Waals surface area contributed by atoms with Crippen LogP contribution in [0.15, 0.2) is 36.4 Å². The molecule has 2 atom stereocenters. The first-order valence-electron chi connectivity index (χ1n) is 11.1. The summed E-state index contributed by atoms with van der Waals surface area (Å²) in [6, 6.07) is 7.41. The maximum atomic E-state index is 14.7. The summed E-state index contributed by atoms with van der Waals surface area (Å²) in [7, 11) is -2.87. The fourth-order valence-electron chi connectivity index (χ4n) is 3.98. The predicted octanol–water partition coefficient (Wildman–Crippen LogP) is 2.85. The quantitative estimate of drug-likeness (QED) is 0.699. The highest BCUT2D eigenvalue weighted by molar-refractivity contribution is 5.90. The summed E-state index contributed by atoms with van der Waals surface area (Å²) < 4.78 is 55.3. The zero-order valence-corrected chi connectivity index (χ0v) is 16.2. The number of ether oxygens (including phenoxy) is 1. The number of carbonyl (C=O) groups is 2. The average Bonchev–Trinajstić information content (AvgIpc) is 3.39. The molecule has 2 aliphatic rings. The van der Waals surface area contributed by atoms with Crippen molar-refractivity contribution in [2.24, 2.45) is 0 Å². The lowest BCUT2D eigenvalue weighted by molar-refractivity contribution is -0.120. The van der Waals surface area contributed by atoms with Crippen LogP contribution < -0.4 is 20.7 Å². The average molecular weight is 418 g/mol. The van der Waals surface area contributed by atoms with Gasteiger partial charge in [0.05, 0.1) is 16.7 Å². The second-order valence-electron chi connectivity index (χ2n) is 7.78. The highest BCUT2D eigenvalue weighted by Gasteiger charge is 2.47. The van der Waals surface area contributed by atoms with Gasteiger partial charge >= 0.3 is 6.03 Å². The number of benzene rings is 2. The standard InChI is InChI=1S/C22H23F2N3O3/c1-12-4-3-5-13(8-12)22(6-7-22)27-21(29)26-19-15(11-25-20(19)28)18-16(23)9-14(30-2)10-17(18)24/h3-5,8-10,15,19H,6-7,11H2,1-2H3,(H,25,28)(H2,26,27,29)/t15-,19-/m0/s1/i2D3. The number of halogens is 2. The number of hydrogen-bond acceptors (Lipinski definition) is 3. The van der Waals surface area contributed by atoms with Gasteiger partial charge in [0.1, 0.15) is 23.4 Å². The maximum absolute atomic E-state index is 14.7. The molecule has 3 N–H and O–H groups in total. The number of aryl methyl sites for hydroxylation is 1. The molecule has 2 aromatic carbocycles. The van der Waals surface area contributed by atoms with Gasteiger partial charge < -0.3 is 20.7 Å². The molecule has 1 saturated heterocycles. The molecule has 6 nitrogen and oxygen atoms in total. The molecule has 0 spiro atoms. The van der Waals surface area contributed by atoms with Gasteiger partial charge in [0.2, 0.25) is 5.91 Å². The van der Waals surface area contributed by atoms with Crippen LogP contribution in [0.25, 0.3) is 0 Å². The second kappa shape index (κ2) is 7.59. The van der Waals surface area contributed by atoms with E-state index in [9.17, 15) is 18.4 Å². The molecule has 1 heterocycles. The van der Waals surface area contributed by atoms with Crippen molar-refractivity contribution in [2.75, 3.05) is 13.6 Å². The van der Waals surface area contributed by atoms with Crippen LogP contribution in [0.2, 0.25) is 0 Å². The smallest absolute Gasteiger partial charge is 0.316 e. The molecule has 8 heteroatoms. The van der Waals surface area contributed by atoms with Crippen LogP contribution in [-0.4, -0.2) is 31.6 Å². The number of hydrogen-bond donors (Lipinski definition) is 3. The molecule has 30 heavy (non-hydrogen) atoms. The van der Waals surface area contributed by atoms with Crippen LogP contribution in [0.1, 0.15) is 39.6 Å². The van der Waals surface area contributed by atoms with Crippen molar-refractivity contribution in [3.05, 3.63) is 64.7 Å². The summed E-state index contributed by atoms with van der Waals surface area (Å²) in [6.45, 7) is 1.85. The van der Waals surface area contributed by atoms with Gasteiger partial charge in [-0.2, -0.15) is 0 Å². The summed E-state index contributed by atoms with van der Waals surface area (Å²) in [6.07, 6.45) is 1.47. The Morgan fingerprint density at radius 2 is 2.00 bits per heavy atom. The van der Waals surface area contributed by atoms with Gasteiger partial charge in [-0.15, -0.1) is 0 Å². The molecule has 0 radical (unpaired) electrons. The van der Waals surface area contributed by atoms with Crippen molar-refractivity contribution < 1.29 is 27.2 Å². The van der Waals surface area contributed by atoms with E-state index in [1.807, 2.05) is 31.2 Å². The van der Waals surface area contributed by atoms with Crippen molar-refractivity contribution in [1.29, 1.82) is 0 Å². The fraction of sp³-hybridized carbons (Fsp3) is 0.364. The van der Waals surface area contributed by atoms with Gasteiger partial charge in [0.25, 0.3) is 0 Å². The summed E-state index contributed by atoms with van der Waals surface area (Å²) in [4.78, 5) is 25.1. The molecule has 0 aromatic heterocycles.